The summed E-state index contributed by atoms with van der Waals surface area (Å²) in [5, 5.41) is 12.1. The molecule has 19 heavy (non-hydrogen) atoms. The minimum absolute atomic E-state index is 0.248. The molecule has 7 heteroatoms. The quantitative estimate of drug-likeness (QED) is 0.884. The van der Waals surface area contributed by atoms with E-state index in [-0.39, 0.29) is 11.4 Å². The van der Waals surface area contributed by atoms with Crippen LogP contribution in [-0.2, 0) is 0 Å². The van der Waals surface area contributed by atoms with Crippen molar-refractivity contribution in [2.45, 2.75) is 6.92 Å². The molecule has 0 amide bonds. The van der Waals surface area contributed by atoms with E-state index in [1.54, 1.807) is 13.0 Å². The van der Waals surface area contributed by atoms with E-state index in [4.69, 9.17) is 16.9 Å². The fraction of sp³-hybridized carbons (Fsp3) is 0.0833. The van der Waals surface area contributed by atoms with Crippen LogP contribution in [0, 0.1) is 24.1 Å². The highest BCUT2D eigenvalue weighted by atomic mass is 35.5. The second kappa shape index (κ2) is 5.08. The third-order valence-electron chi connectivity index (χ3n) is 2.56. The Morgan fingerprint density at radius 3 is 2.95 bits per heavy atom. The first-order valence-electron chi connectivity index (χ1n) is 5.24. The van der Waals surface area contributed by atoms with Crippen LogP contribution >= 0.6 is 11.6 Å². The highest BCUT2D eigenvalue weighted by Gasteiger charge is 2.13. The topological polar surface area (TPSA) is 81.6 Å². The first kappa shape index (κ1) is 13.1. The number of hydrogen-bond acceptors (Lipinski definition) is 4. The van der Waals surface area contributed by atoms with E-state index in [1.165, 1.54) is 6.07 Å². The standard InChI is InChI=1S/C12H8ClFN4O/c1-6-7(4-15)9(3-2-8(6)13)18-11-10(14)12(19)17-5-16-11/h2-3,5H,1H3,(H2,16,17,18,19). The zero-order valence-corrected chi connectivity index (χ0v) is 10.5. The summed E-state index contributed by atoms with van der Waals surface area (Å²) < 4.78 is 13.5. The van der Waals surface area contributed by atoms with Crippen LogP contribution in [0.1, 0.15) is 11.1 Å². The molecule has 0 spiro atoms. The van der Waals surface area contributed by atoms with Gasteiger partial charge in [0.1, 0.15) is 6.07 Å². The van der Waals surface area contributed by atoms with Crippen LogP contribution in [0.3, 0.4) is 0 Å². The van der Waals surface area contributed by atoms with E-state index in [0.717, 1.165) is 6.33 Å². The number of rotatable bonds is 2. The first-order valence-corrected chi connectivity index (χ1v) is 5.61. The molecule has 0 atom stereocenters. The van der Waals surface area contributed by atoms with Gasteiger partial charge < -0.3 is 10.3 Å². The van der Waals surface area contributed by atoms with Crippen molar-refractivity contribution >= 4 is 23.1 Å². The summed E-state index contributed by atoms with van der Waals surface area (Å²) in [5.41, 5.74) is 0.288. The Balaban J connectivity index is 2.51. The zero-order chi connectivity index (χ0) is 14.0. The number of anilines is 2. The Hall–Kier alpha value is -2.39. The average Bonchev–Trinajstić information content (AvgIpc) is 2.39. The van der Waals surface area contributed by atoms with E-state index in [9.17, 15) is 9.18 Å². The maximum atomic E-state index is 13.5. The van der Waals surface area contributed by atoms with Crippen molar-refractivity contribution in [1.29, 1.82) is 5.26 Å². The second-order valence-electron chi connectivity index (χ2n) is 3.73. The van der Waals surface area contributed by atoms with Gasteiger partial charge in [-0.15, -0.1) is 0 Å². The number of hydrogen-bond donors (Lipinski definition) is 2. The van der Waals surface area contributed by atoms with Gasteiger partial charge in [-0.25, -0.2) is 4.98 Å². The van der Waals surface area contributed by atoms with Crippen LogP contribution < -0.4 is 10.9 Å². The third kappa shape index (κ3) is 2.41. The second-order valence-corrected chi connectivity index (χ2v) is 4.13. The summed E-state index contributed by atoms with van der Waals surface area (Å²) in [6.07, 6.45) is 1.07. The van der Waals surface area contributed by atoms with E-state index in [1.807, 2.05) is 6.07 Å². The molecule has 1 heterocycles. The number of aromatic nitrogens is 2. The number of aromatic amines is 1. The summed E-state index contributed by atoms with van der Waals surface area (Å²) in [6.45, 7) is 1.67. The van der Waals surface area contributed by atoms with Crippen molar-refractivity contribution in [2.24, 2.45) is 0 Å². The van der Waals surface area contributed by atoms with Gasteiger partial charge >= 0.3 is 0 Å². The Bertz CT molecular complexity index is 735. The largest absolute Gasteiger partial charge is 0.336 e. The maximum Gasteiger partial charge on any atom is 0.289 e. The van der Waals surface area contributed by atoms with Crippen LogP contribution in [-0.4, -0.2) is 9.97 Å². The van der Waals surface area contributed by atoms with E-state index in [0.29, 0.717) is 16.3 Å². The molecule has 96 valence electrons. The van der Waals surface area contributed by atoms with Gasteiger partial charge in [0, 0.05) is 5.02 Å². The number of nitrogens with zero attached hydrogens (tertiary/aromatic N) is 2. The summed E-state index contributed by atoms with van der Waals surface area (Å²) in [7, 11) is 0. The lowest BCUT2D eigenvalue weighted by molar-refractivity contribution is 0.605. The highest BCUT2D eigenvalue weighted by molar-refractivity contribution is 6.31. The fourth-order valence-corrected chi connectivity index (χ4v) is 1.69. The molecule has 2 N–H and O–H groups in total. The summed E-state index contributed by atoms with van der Waals surface area (Å²) in [5.74, 6) is -1.29. The molecular formula is C12H8ClFN4O. The SMILES string of the molecule is Cc1c(Cl)ccc(Nc2nc[nH]c(=O)c2F)c1C#N. The Kier molecular flexibility index (Phi) is 3.49. The van der Waals surface area contributed by atoms with Gasteiger partial charge in [0.25, 0.3) is 5.56 Å². The molecule has 0 bridgehead atoms. The zero-order valence-electron chi connectivity index (χ0n) is 9.79. The molecule has 2 rings (SSSR count). The molecule has 0 aliphatic carbocycles. The normalized spacial score (nSPS) is 10.0. The van der Waals surface area contributed by atoms with Gasteiger partial charge in [0.2, 0.25) is 5.82 Å². The molecule has 1 aromatic heterocycles. The van der Waals surface area contributed by atoms with Crippen LogP contribution in [0.2, 0.25) is 5.02 Å². The van der Waals surface area contributed by atoms with Crippen molar-refractivity contribution in [3.05, 3.63) is 50.8 Å². The van der Waals surface area contributed by atoms with Crippen LogP contribution in [0.5, 0.6) is 0 Å². The number of nitrogens with one attached hydrogen (secondary N) is 2. The molecule has 0 aliphatic rings. The lowest BCUT2D eigenvalue weighted by atomic mass is 10.1. The molecule has 0 fully saturated rings. The summed E-state index contributed by atoms with van der Waals surface area (Å²) in [6, 6.07) is 5.07. The van der Waals surface area contributed by atoms with Crippen molar-refractivity contribution in [3.63, 3.8) is 0 Å². The maximum absolute atomic E-state index is 13.5. The van der Waals surface area contributed by atoms with Gasteiger partial charge in [-0.2, -0.15) is 9.65 Å². The summed E-state index contributed by atoms with van der Waals surface area (Å²) >= 11 is 5.90. The molecule has 1 aromatic carbocycles. The minimum Gasteiger partial charge on any atom is -0.336 e. The molecule has 0 radical (unpaired) electrons. The lowest BCUT2D eigenvalue weighted by Gasteiger charge is -2.10. The average molecular weight is 279 g/mol. The molecule has 0 saturated heterocycles. The van der Waals surface area contributed by atoms with Crippen LogP contribution in [0.25, 0.3) is 0 Å². The van der Waals surface area contributed by atoms with Crippen molar-refractivity contribution in [2.75, 3.05) is 5.32 Å². The van der Waals surface area contributed by atoms with Crippen molar-refractivity contribution in [3.8, 4) is 6.07 Å². The molecule has 0 saturated carbocycles. The number of H-pyrrole nitrogens is 1. The Morgan fingerprint density at radius 1 is 1.53 bits per heavy atom. The molecule has 0 unspecified atom stereocenters. The summed E-state index contributed by atoms with van der Waals surface area (Å²) in [4.78, 5) is 16.9. The molecule has 5 nitrogen and oxygen atoms in total. The van der Waals surface area contributed by atoms with Gasteiger partial charge in [-0.05, 0) is 24.6 Å². The van der Waals surface area contributed by atoms with Gasteiger partial charge in [-0.1, -0.05) is 11.6 Å². The van der Waals surface area contributed by atoms with Gasteiger partial charge in [0.05, 0.1) is 17.6 Å². The highest BCUT2D eigenvalue weighted by Crippen LogP contribution is 2.27. The lowest BCUT2D eigenvalue weighted by Crippen LogP contribution is -2.14. The van der Waals surface area contributed by atoms with E-state index in [2.05, 4.69) is 15.3 Å². The molecule has 0 aliphatic heterocycles. The predicted octanol–water partition coefficient (Wildman–Crippen LogP) is 2.49. The Morgan fingerprint density at radius 2 is 2.26 bits per heavy atom. The van der Waals surface area contributed by atoms with Crippen LogP contribution in [0.15, 0.2) is 23.3 Å². The van der Waals surface area contributed by atoms with Gasteiger partial charge in [-0.3, -0.25) is 4.79 Å². The van der Waals surface area contributed by atoms with Crippen LogP contribution in [0.4, 0.5) is 15.9 Å². The smallest absolute Gasteiger partial charge is 0.289 e. The predicted molar refractivity (Wildman–Crippen MR) is 69.0 cm³/mol. The Labute approximate surface area is 112 Å². The molecular weight excluding hydrogens is 271 g/mol. The fourth-order valence-electron chi connectivity index (χ4n) is 1.53. The monoisotopic (exact) mass is 278 g/mol. The van der Waals surface area contributed by atoms with Crippen molar-refractivity contribution < 1.29 is 4.39 Å². The van der Waals surface area contributed by atoms with Gasteiger partial charge in [0.15, 0.2) is 5.82 Å². The number of nitriles is 1. The van der Waals surface area contributed by atoms with E-state index < -0.39 is 11.4 Å². The van der Waals surface area contributed by atoms with E-state index >= 15 is 0 Å². The minimum atomic E-state index is -1.04. The van der Waals surface area contributed by atoms with Crippen molar-refractivity contribution in [1.82, 2.24) is 9.97 Å². The molecule has 2 aromatic rings. The number of benzene rings is 1. The third-order valence-corrected chi connectivity index (χ3v) is 2.97. The first-order chi connectivity index (χ1) is 9.04. The number of halogens is 2.